The summed E-state index contributed by atoms with van der Waals surface area (Å²) in [4.78, 5) is 10.9. The maximum absolute atomic E-state index is 10.9. The molecule has 0 aromatic heterocycles. The van der Waals surface area contributed by atoms with Crippen molar-refractivity contribution in [1.29, 1.82) is 5.26 Å². The molecule has 0 aliphatic heterocycles. The maximum atomic E-state index is 10.9. The van der Waals surface area contributed by atoms with Gasteiger partial charge in [0.05, 0.1) is 25.7 Å². The van der Waals surface area contributed by atoms with E-state index < -0.39 is 0 Å². The fraction of sp³-hybridized carbons (Fsp3) is 0.818. The monoisotopic (exact) mass is 213 g/mol. The molecule has 0 aromatic rings. The average molecular weight is 213 g/mol. The minimum atomic E-state index is -0.122. The molecular weight excluding hydrogens is 194 g/mol. The van der Waals surface area contributed by atoms with Crippen molar-refractivity contribution in [1.82, 2.24) is 0 Å². The van der Waals surface area contributed by atoms with Crippen LogP contribution in [0.15, 0.2) is 0 Å². The van der Waals surface area contributed by atoms with Crippen LogP contribution in [-0.4, -0.2) is 25.8 Å². The van der Waals surface area contributed by atoms with Crippen molar-refractivity contribution >= 4 is 5.97 Å². The van der Waals surface area contributed by atoms with Gasteiger partial charge in [0.25, 0.3) is 0 Å². The van der Waals surface area contributed by atoms with Crippen molar-refractivity contribution in [3.63, 3.8) is 0 Å². The summed E-state index contributed by atoms with van der Waals surface area (Å²) >= 11 is 0. The van der Waals surface area contributed by atoms with Crippen LogP contribution in [0.5, 0.6) is 0 Å². The van der Waals surface area contributed by atoms with Gasteiger partial charge in [0, 0.05) is 13.0 Å². The van der Waals surface area contributed by atoms with E-state index in [1.165, 1.54) is 0 Å². The molecule has 0 saturated heterocycles. The summed E-state index contributed by atoms with van der Waals surface area (Å²) in [5, 5.41) is 8.23. The van der Waals surface area contributed by atoms with E-state index in [4.69, 9.17) is 14.7 Å². The Morgan fingerprint density at radius 2 is 2.00 bits per heavy atom. The average Bonchev–Trinajstić information content (AvgIpc) is 2.22. The molecule has 0 fully saturated rings. The molecule has 15 heavy (non-hydrogen) atoms. The number of ether oxygens (including phenoxy) is 2. The van der Waals surface area contributed by atoms with Crippen LogP contribution >= 0.6 is 0 Å². The van der Waals surface area contributed by atoms with Crippen molar-refractivity contribution in [3.05, 3.63) is 0 Å². The second-order valence-corrected chi connectivity index (χ2v) is 3.20. The zero-order chi connectivity index (χ0) is 11.4. The zero-order valence-corrected chi connectivity index (χ0v) is 9.33. The summed E-state index contributed by atoms with van der Waals surface area (Å²) < 4.78 is 10.1. The van der Waals surface area contributed by atoms with Crippen LogP contribution in [0.3, 0.4) is 0 Å². The molecule has 0 saturated carbocycles. The van der Waals surface area contributed by atoms with Gasteiger partial charge in [-0.3, -0.25) is 4.79 Å². The van der Waals surface area contributed by atoms with Gasteiger partial charge in [0.15, 0.2) is 0 Å². The number of carbonyl (C=O) groups is 1. The molecule has 0 aliphatic rings. The summed E-state index contributed by atoms with van der Waals surface area (Å²) in [6, 6.07) is 2.00. The lowest BCUT2D eigenvalue weighted by Crippen LogP contribution is -2.06. The standard InChI is InChI=1S/C11H19NO3/c1-2-6-11(13)15-10-4-3-8-14-9-5-7-12/h2-6,8-10H2,1H3. The number of hydrogen-bond acceptors (Lipinski definition) is 4. The Bertz CT molecular complexity index is 198. The van der Waals surface area contributed by atoms with E-state index in [1.54, 1.807) is 0 Å². The first-order valence-electron chi connectivity index (χ1n) is 5.41. The summed E-state index contributed by atoms with van der Waals surface area (Å²) in [6.45, 7) is 3.55. The summed E-state index contributed by atoms with van der Waals surface area (Å²) in [5.41, 5.74) is 0. The molecule has 0 bridgehead atoms. The number of hydrogen-bond donors (Lipinski definition) is 0. The number of carbonyl (C=O) groups excluding carboxylic acids is 1. The molecule has 0 N–H and O–H groups in total. The van der Waals surface area contributed by atoms with Crippen LogP contribution in [0.1, 0.15) is 39.0 Å². The molecule has 4 heteroatoms. The lowest BCUT2D eigenvalue weighted by Gasteiger charge is -2.04. The third-order valence-corrected chi connectivity index (χ3v) is 1.76. The van der Waals surface area contributed by atoms with Gasteiger partial charge in [-0.05, 0) is 19.3 Å². The lowest BCUT2D eigenvalue weighted by atomic mass is 10.3. The molecule has 0 heterocycles. The Kier molecular flexibility index (Phi) is 10.2. The second kappa shape index (κ2) is 11.0. The number of rotatable bonds is 9. The highest BCUT2D eigenvalue weighted by Gasteiger charge is 1.99. The van der Waals surface area contributed by atoms with Gasteiger partial charge in [0.2, 0.25) is 0 Å². The molecule has 0 spiro atoms. The third-order valence-electron chi connectivity index (χ3n) is 1.76. The molecule has 0 amide bonds. The van der Waals surface area contributed by atoms with Gasteiger partial charge >= 0.3 is 5.97 Å². The maximum Gasteiger partial charge on any atom is 0.305 e. The van der Waals surface area contributed by atoms with Crippen molar-refractivity contribution in [2.24, 2.45) is 0 Å². The molecule has 0 radical (unpaired) electrons. The minimum absolute atomic E-state index is 0.122. The molecule has 0 unspecified atom stereocenters. The third kappa shape index (κ3) is 10.8. The van der Waals surface area contributed by atoms with Gasteiger partial charge < -0.3 is 9.47 Å². The second-order valence-electron chi connectivity index (χ2n) is 3.20. The Hall–Kier alpha value is -1.08. The van der Waals surface area contributed by atoms with Crippen LogP contribution in [0.25, 0.3) is 0 Å². The van der Waals surface area contributed by atoms with Crippen LogP contribution in [0.4, 0.5) is 0 Å². The van der Waals surface area contributed by atoms with Crippen molar-refractivity contribution in [2.75, 3.05) is 19.8 Å². The molecule has 4 nitrogen and oxygen atoms in total. The predicted octanol–water partition coefficient (Wildman–Crippen LogP) is 2.04. The Balaban J connectivity index is 3.05. The molecule has 86 valence electrons. The smallest absolute Gasteiger partial charge is 0.305 e. The number of nitriles is 1. The Labute approximate surface area is 91.2 Å². The van der Waals surface area contributed by atoms with Gasteiger partial charge in [-0.15, -0.1) is 0 Å². The fourth-order valence-corrected chi connectivity index (χ4v) is 0.988. The highest BCUT2D eigenvalue weighted by atomic mass is 16.5. The first-order chi connectivity index (χ1) is 7.31. The number of esters is 1. The van der Waals surface area contributed by atoms with Gasteiger partial charge in [-0.1, -0.05) is 6.92 Å². The summed E-state index contributed by atoms with van der Waals surface area (Å²) in [7, 11) is 0. The van der Waals surface area contributed by atoms with Crippen molar-refractivity contribution < 1.29 is 14.3 Å². The minimum Gasteiger partial charge on any atom is -0.466 e. The first-order valence-corrected chi connectivity index (χ1v) is 5.41. The molecular formula is C11H19NO3. The predicted molar refractivity (Wildman–Crippen MR) is 56.2 cm³/mol. The fourth-order valence-electron chi connectivity index (χ4n) is 0.988. The van der Waals surface area contributed by atoms with E-state index in [2.05, 4.69) is 0 Å². The first kappa shape index (κ1) is 13.9. The SMILES string of the molecule is CCCC(=O)OCCCCOCCC#N. The van der Waals surface area contributed by atoms with Crippen LogP contribution in [0, 0.1) is 11.3 Å². The largest absolute Gasteiger partial charge is 0.466 e. The Morgan fingerprint density at radius 3 is 2.67 bits per heavy atom. The lowest BCUT2D eigenvalue weighted by molar-refractivity contribution is -0.143. The Morgan fingerprint density at radius 1 is 1.27 bits per heavy atom. The topological polar surface area (TPSA) is 59.3 Å². The van der Waals surface area contributed by atoms with Gasteiger partial charge in [-0.25, -0.2) is 0 Å². The van der Waals surface area contributed by atoms with Crippen LogP contribution in [-0.2, 0) is 14.3 Å². The van der Waals surface area contributed by atoms with E-state index in [9.17, 15) is 4.79 Å². The quantitative estimate of drug-likeness (QED) is 0.434. The van der Waals surface area contributed by atoms with Crippen molar-refractivity contribution in [3.8, 4) is 6.07 Å². The molecule has 0 aliphatic carbocycles. The summed E-state index contributed by atoms with van der Waals surface area (Å²) in [5.74, 6) is -0.122. The van der Waals surface area contributed by atoms with E-state index in [0.29, 0.717) is 32.7 Å². The number of nitrogens with zero attached hydrogens (tertiary/aromatic N) is 1. The van der Waals surface area contributed by atoms with E-state index >= 15 is 0 Å². The molecule has 0 rings (SSSR count). The van der Waals surface area contributed by atoms with E-state index in [1.807, 2.05) is 13.0 Å². The highest BCUT2D eigenvalue weighted by Crippen LogP contribution is 1.96. The summed E-state index contributed by atoms with van der Waals surface area (Å²) in [6.07, 6.45) is 3.45. The molecule has 0 aromatic carbocycles. The van der Waals surface area contributed by atoms with Crippen LogP contribution in [0.2, 0.25) is 0 Å². The zero-order valence-electron chi connectivity index (χ0n) is 9.33. The van der Waals surface area contributed by atoms with E-state index in [0.717, 1.165) is 19.3 Å². The highest BCUT2D eigenvalue weighted by molar-refractivity contribution is 5.69. The van der Waals surface area contributed by atoms with Crippen molar-refractivity contribution in [2.45, 2.75) is 39.0 Å². The number of unbranched alkanes of at least 4 members (excludes halogenated alkanes) is 1. The van der Waals surface area contributed by atoms with E-state index in [-0.39, 0.29) is 5.97 Å². The van der Waals surface area contributed by atoms with Crippen LogP contribution < -0.4 is 0 Å². The van der Waals surface area contributed by atoms with Gasteiger partial charge in [0.1, 0.15) is 0 Å². The normalized spacial score (nSPS) is 9.60. The van der Waals surface area contributed by atoms with Gasteiger partial charge in [-0.2, -0.15) is 5.26 Å². The molecule has 0 atom stereocenters.